The van der Waals surface area contributed by atoms with Crippen LogP contribution >= 0.6 is 0 Å². The number of sulfonamides is 1. The van der Waals surface area contributed by atoms with E-state index in [9.17, 15) is 13.5 Å². The fourth-order valence-electron chi connectivity index (χ4n) is 1.85. The minimum Gasteiger partial charge on any atom is -0.389 e. The van der Waals surface area contributed by atoms with Crippen molar-refractivity contribution in [1.82, 2.24) is 4.72 Å². The Kier molecular flexibility index (Phi) is 3.51. The average Bonchev–Trinajstić information content (AvgIpc) is 2.25. The topological polar surface area (TPSA) is 66.4 Å². The summed E-state index contributed by atoms with van der Waals surface area (Å²) in [6.45, 7) is 0.127. The van der Waals surface area contributed by atoms with Crippen LogP contribution in [0.15, 0.2) is 30.3 Å². The second kappa shape index (κ2) is 4.76. The molecular formula is C12H17NO3S. The molecule has 1 fully saturated rings. The highest BCUT2D eigenvalue weighted by Crippen LogP contribution is 2.30. The Balaban J connectivity index is 1.91. The molecule has 17 heavy (non-hydrogen) atoms. The van der Waals surface area contributed by atoms with Gasteiger partial charge in [-0.3, -0.25) is 0 Å². The number of nitrogens with one attached hydrogen (secondary N) is 1. The molecule has 4 nitrogen and oxygen atoms in total. The van der Waals surface area contributed by atoms with E-state index in [1.807, 2.05) is 18.2 Å². The van der Waals surface area contributed by atoms with Crippen molar-refractivity contribution in [2.45, 2.75) is 30.6 Å². The molecule has 5 heteroatoms. The second-order valence-corrected chi connectivity index (χ2v) is 6.45. The van der Waals surface area contributed by atoms with Crippen LogP contribution in [-0.2, 0) is 15.8 Å². The van der Waals surface area contributed by atoms with Gasteiger partial charge in [0.25, 0.3) is 0 Å². The van der Waals surface area contributed by atoms with E-state index in [-0.39, 0.29) is 12.3 Å². The fraction of sp³-hybridized carbons (Fsp3) is 0.500. The molecule has 2 N–H and O–H groups in total. The lowest BCUT2D eigenvalue weighted by Gasteiger charge is -2.36. The lowest BCUT2D eigenvalue weighted by atomic mass is 9.81. The zero-order chi connectivity index (χ0) is 12.4. The summed E-state index contributed by atoms with van der Waals surface area (Å²) in [6.07, 6.45) is 2.33. The molecule has 0 radical (unpaired) electrons. The van der Waals surface area contributed by atoms with E-state index in [0.29, 0.717) is 12.8 Å². The lowest BCUT2D eigenvalue weighted by molar-refractivity contribution is -0.0271. The number of rotatable bonds is 5. The highest BCUT2D eigenvalue weighted by atomic mass is 32.2. The number of hydrogen-bond acceptors (Lipinski definition) is 3. The quantitative estimate of drug-likeness (QED) is 0.825. The first kappa shape index (κ1) is 12.5. The molecule has 0 aliphatic heterocycles. The molecule has 0 saturated heterocycles. The van der Waals surface area contributed by atoms with E-state index in [4.69, 9.17) is 0 Å². The molecule has 1 aromatic rings. The van der Waals surface area contributed by atoms with Crippen molar-refractivity contribution in [3.8, 4) is 0 Å². The van der Waals surface area contributed by atoms with Gasteiger partial charge in [-0.1, -0.05) is 30.3 Å². The maximum absolute atomic E-state index is 11.8. The Bertz CT molecular complexity index is 466. The molecule has 0 unspecified atom stereocenters. The third-order valence-electron chi connectivity index (χ3n) is 3.10. The van der Waals surface area contributed by atoms with Crippen molar-refractivity contribution in [3.63, 3.8) is 0 Å². The van der Waals surface area contributed by atoms with E-state index in [1.165, 1.54) is 0 Å². The van der Waals surface area contributed by atoms with Gasteiger partial charge < -0.3 is 5.11 Å². The highest BCUT2D eigenvalue weighted by molar-refractivity contribution is 7.88. The summed E-state index contributed by atoms with van der Waals surface area (Å²) in [5.41, 5.74) is -0.0652. The summed E-state index contributed by atoms with van der Waals surface area (Å²) in [7, 11) is -3.35. The highest BCUT2D eigenvalue weighted by Gasteiger charge is 2.35. The minimum absolute atomic E-state index is 0.0378. The van der Waals surface area contributed by atoms with Gasteiger partial charge in [0, 0.05) is 6.54 Å². The van der Waals surface area contributed by atoms with Crippen LogP contribution in [0.2, 0.25) is 0 Å². The first-order chi connectivity index (χ1) is 7.99. The summed E-state index contributed by atoms with van der Waals surface area (Å²) in [4.78, 5) is 0. The third kappa shape index (κ3) is 3.52. The van der Waals surface area contributed by atoms with Gasteiger partial charge in [-0.25, -0.2) is 13.1 Å². The van der Waals surface area contributed by atoms with Crippen LogP contribution in [0.3, 0.4) is 0 Å². The van der Waals surface area contributed by atoms with Gasteiger partial charge in [-0.2, -0.15) is 0 Å². The van der Waals surface area contributed by atoms with Crippen molar-refractivity contribution in [1.29, 1.82) is 0 Å². The summed E-state index contributed by atoms with van der Waals surface area (Å²) in [6, 6.07) is 9.02. The fourth-order valence-corrected chi connectivity index (χ4v) is 3.07. The van der Waals surface area contributed by atoms with Crippen LogP contribution in [0.1, 0.15) is 24.8 Å². The number of hydrogen-bond donors (Lipinski definition) is 2. The molecule has 0 aromatic heterocycles. The molecule has 2 rings (SSSR count). The monoisotopic (exact) mass is 255 g/mol. The molecule has 1 aliphatic carbocycles. The van der Waals surface area contributed by atoms with Crippen LogP contribution < -0.4 is 4.72 Å². The van der Waals surface area contributed by atoms with E-state index < -0.39 is 15.6 Å². The van der Waals surface area contributed by atoms with E-state index >= 15 is 0 Å². The molecule has 0 bridgehead atoms. The van der Waals surface area contributed by atoms with Crippen LogP contribution in [0.25, 0.3) is 0 Å². The second-order valence-electron chi connectivity index (χ2n) is 4.64. The number of aliphatic hydroxyl groups is 1. The van der Waals surface area contributed by atoms with Gasteiger partial charge in [0.1, 0.15) is 0 Å². The Morgan fingerprint density at radius 1 is 1.24 bits per heavy atom. The minimum atomic E-state index is -3.35. The van der Waals surface area contributed by atoms with Crippen molar-refractivity contribution < 1.29 is 13.5 Å². The lowest BCUT2D eigenvalue weighted by Crippen LogP contribution is -2.47. The van der Waals surface area contributed by atoms with Crippen molar-refractivity contribution in [2.75, 3.05) is 6.54 Å². The van der Waals surface area contributed by atoms with Gasteiger partial charge in [0.2, 0.25) is 10.0 Å². The zero-order valence-electron chi connectivity index (χ0n) is 9.59. The smallest absolute Gasteiger partial charge is 0.215 e. The summed E-state index contributed by atoms with van der Waals surface area (Å²) < 4.78 is 26.0. The Morgan fingerprint density at radius 2 is 1.88 bits per heavy atom. The molecule has 0 amide bonds. The maximum atomic E-state index is 11.8. The van der Waals surface area contributed by atoms with Crippen molar-refractivity contribution >= 4 is 10.0 Å². The Labute approximate surface area is 102 Å². The zero-order valence-corrected chi connectivity index (χ0v) is 10.4. The predicted octanol–water partition coefficient (Wildman–Crippen LogP) is 1.02. The summed E-state index contributed by atoms with van der Waals surface area (Å²) in [5, 5.41) is 9.81. The molecule has 1 aromatic carbocycles. The molecule has 0 atom stereocenters. The third-order valence-corrected chi connectivity index (χ3v) is 4.40. The van der Waals surface area contributed by atoms with E-state index in [1.54, 1.807) is 12.1 Å². The van der Waals surface area contributed by atoms with E-state index in [0.717, 1.165) is 12.0 Å². The molecular weight excluding hydrogens is 238 g/mol. The molecule has 1 saturated carbocycles. The van der Waals surface area contributed by atoms with Gasteiger partial charge in [0.15, 0.2) is 0 Å². The average molecular weight is 255 g/mol. The molecule has 1 aliphatic rings. The van der Waals surface area contributed by atoms with Crippen molar-refractivity contribution in [2.24, 2.45) is 0 Å². The van der Waals surface area contributed by atoms with Crippen LogP contribution in [0.5, 0.6) is 0 Å². The molecule has 0 spiro atoms. The molecule has 0 heterocycles. The van der Waals surface area contributed by atoms with E-state index in [2.05, 4.69) is 4.72 Å². The van der Waals surface area contributed by atoms with Gasteiger partial charge in [-0.05, 0) is 24.8 Å². The SMILES string of the molecule is O=S(=O)(Cc1ccccc1)NCC1(O)CCC1. The van der Waals surface area contributed by atoms with Gasteiger partial charge in [0.05, 0.1) is 11.4 Å². The first-order valence-electron chi connectivity index (χ1n) is 5.73. The normalized spacial score (nSPS) is 18.6. The Morgan fingerprint density at radius 3 is 2.41 bits per heavy atom. The van der Waals surface area contributed by atoms with Crippen LogP contribution in [0, 0.1) is 0 Å². The first-order valence-corrected chi connectivity index (χ1v) is 7.38. The van der Waals surface area contributed by atoms with Crippen molar-refractivity contribution in [3.05, 3.63) is 35.9 Å². The maximum Gasteiger partial charge on any atom is 0.215 e. The Hall–Kier alpha value is -0.910. The summed E-state index contributed by atoms with van der Waals surface area (Å²) in [5.74, 6) is -0.0378. The standard InChI is InChI=1S/C12H17NO3S/c14-12(7-4-8-12)10-13-17(15,16)9-11-5-2-1-3-6-11/h1-3,5-6,13-14H,4,7-10H2. The summed E-state index contributed by atoms with van der Waals surface area (Å²) >= 11 is 0. The largest absolute Gasteiger partial charge is 0.389 e. The van der Waals surface area contributed by atoms with Crippen LogP contribution in [-0.4, -0.2) is 25.7 Å². The van der Waals surface area contributed by atoms with Gasteiger partial charge >= 0.3 is 0 Å². The van der Waals surface area contributed by atoms with Gasteiger partial charge in [-0.15, -0.1) is 0 Å². The molecule has 94 valence electrons. The van der Waals surface area contributed by atoms with Crippen LogP contribution in [0.4, 0.5) is 0 Å². The predicted molar refractivity (Wildman–Crippen MR) is 65.9 cm³/mol. The number of benzene rings is 1.